The van der Waals surface area contributed by atoms with Crippen LogP contribution < -0.4 is 0 Å². The maximum absolute atomic E-state index is 13.9. The molecule has 1 saturated carbocycles. The van der Waals surface area contributed by atoms with Gasteiger partial charge in [0.15, 0.2) is 0 Å². The Labute approximate surface area is 118 Å². The Bertz CT molecular complexity index is 574. The number of carbonyl (C=O) groups excluding carboxylic acids is 1. The molecule has 0 bridgehead atoms. The third-order valence-electron chi connectivity index (χ3n) is 3.64. The van der Waals surface area contributed by atoms with Gasteiger partial charge >= 0.3 is 0 Å². The first-order valence-electron chi connectivity index (χ1n) is 6.67. The molecule has 1 N–H and O–H groups in total. The van der Waals surface area contributed by atoms with Crippen LogP contribution in [0.1, 0.15) is 29.3 Å². The van der Waals surface area contributed by atoms with Crippen LogP contribution in [0.4, 0.5) is 4.39 Å². The zero-order chi connectivity index (χ0) is 14.7. The molecule has 1 aromatic carbocycles. The first-order valence-corrected chi connectivity index (χ1v) is 6.67. The van der Waals surface area contributed by atoms with Crippen molar-refractivity contribution in [2.75, 3.05) is 20.2 Å². The van der Waals surface area contributed by atoms with Gasteiger partial charge in [-0.2, -0.15) is 0 Å². The lowest BCUT2D eigenvalue weighted by atomic mass is 10.1. The van der Waals surface area contributed by atoms with Crippen LogP contribution in [-0.2, 0) is 0 Å². The summed E-state index contributed by atoms with van der Waals surface area (Å²) in [5.41, 5.74) is 0.516. The number of aliphatic hydroxyl groups is 1. The predicted molar refractivity (Wildman–Crippen MR) is 74.6 cm³/mol. The number of hydrogen-bond acceptors (Lipinski definition) is 2. The number of nitrogens with zero attached hydrogens (tertiary/aromatic N) is 1. The smallest absolute Gasteiger partial charge is 0.256 e. The van der Waals surface area contributed by atoms with E-state index in [1.165, 1.54) is 12.1 Å². The van der Waals surface area contributed by atoms with Gasteiger partial charge in [0.1, 0.15) is 12.4 Å². The molecule has 2 unspecified atom stereocenters. The van der Waals surface area contributed by atoms with Gasteiger partial charge in [-0.25, -0.2) is 4.39 Å². The Kier molecular flexibility index (Phi) is 4.41. The standard InChI is InChI=1S/C16H18FNO2/c1-11-8-13(11)10-18(2)16(20)14-6-5-12(4-3-7-19)9-15(14)17/h5-6,9,11,13,19H,7-8,10H2,1-2H3. The van der Waals surface area contributed by atoms with Crippen LogP contribution in [0.25, 0.3) is 0 Å². The molecule has 2 rings (SSSR count). The molecule has 0 aliphatic heterocycles. The van der Waals surface area contributed by atoms with Gasteiger partial charge in [0.05, 0.1) is 5.56 Å². The zero-order valence-corrected chi connectivity index (χ0v) is 11.7. The molecule has 0 aromatic heterocycles. The molecule has 1 aliphatic rings. The van der Waals surface area contributed by atoms with Crippen LogP contribution in [0, 0.1) is 29.5 Å². The van der Waals surface area contributed by atoms with Gasteiger partial charge < -0.3 is 10.0 Å². The van der Waals surface area contributed by atoms with Crippen molar-refractivity contribution in [3.05, 3.63) is 35.1 Å². The van der Waals surface area contributed by atoms with Crippen molar-refractivity contribution in [3.63, 3.8) is 0 Å². The second-order valence-corrected chi connectivity index (χ2v) is 5.31. The number of aliphatic hydroxyl groups excluding tert-OH is 1. The number of benzene rings is 1. The maximum Gasteiger partial charge on any atom is 0.256 e. The average molecular weight is 275 g/mol. The van der Waals surface area contributed by atoms with E-state index in [1.807, 2.05) is 0 Å². The van der Waals surface area contributed by atoms with Crippen molar-refractivity contribution in [3.8, 4) is 11.8 Å². The summed E-state index contributed by atoms with van der Waals surface area (Å²) in [6, 6.07) is 4.27. The van der Waals surface area contributed by atoms with Crippen LogP contribution in [0.15, 0.2) is 18.2 Å². The van der Waals surface area contributed by atoms with Gasteiger partial charge in [0.2, 0.25) is 0 Å². The number of amides is 1. The third kappa shape index (κ3) is 3.37. The van der Waals surface area contributed by atoms with Crippen LogP contribution >= 0.6 is 0 Å². The first-order chi connectivity index (χ1) is 9.52. The third-order valence-corrected chi connectivity index (χ3v) is 3.64. The normalized spacial score (nSPS) is 20.0. The van der Waals surface area contributed by atoms with E-state index in [9.17, 15) is 9.18 Å². The van der Waals surface area contributed by atoms with E-state index >= 15 is 0 Å². The van der Waals surface area contributed by atoms with Gasteiger partial charge in [-0.3, -0.25) is 4.79 Å². The molecule has 1 amide bonds. The molecule has 0 spiro atoms. The highest BCUT2D eigenvalue weighted by Crippen LogP contribution is 2.38. The van der Waals surface area contributed by atoms with Crippen molar-refractivity contribution >= 4 is 5.91 Å². The van der Waals surface area contributed by atoms with Crippen molar-refractivity contribution < 1.29 is 14.3 Å². The minimum Gasteiger partial charge on any atom is -0.384 e. The average Bonchev–Trinajstić information content (AvgIpc) is 3.11. The monoisotopic (exact) mass is 275 g/mol. The number of halogens is 1. The lowest BCUT2D eigenvalue weighted by Gasteiger charge is -2.17. The van der Waals surface area contributed by atoms with E-state index in [0.717, 1.165) is 6.42 Å². The Balaban J connectivity index is 2.09. The highest BCUT2D eigenvalue weighted by molar-refractivity contribution is 5.94. The molecule has 2 atom stereocenters. The van der Waals surface area contributed by atoms with Crippen LogP contribution in [0.2, 0.25) is 0 Å². The van der Waals surface area contributed by atoms with Gasteiger partial charge in [-0.1, -0.05) is 18.8 Å². The van der Waals surface area contributed by atoms with Gasteiger partial charge in [-0.05, 0) is 36.5 Å². The van der Waals surface area contributed by atoms with Gasteiger partial charge in [0, 0.05) is 19.2 Å². The molecule has 3 nitrogen and oxygen atoms in total. The quantitative estimate of drug-likeness (QED) is 0.856. The lowest BCUT2D eigenvalue weighted by molar-refractivity contribution is 0.0782. The highest BCUT2D eigenvalue weighted by atomic mass is 19.1. The molecule has 0 radical (unpaired) electrons. The highest BCUT2D eigenvalue weighted by Gasteiger charge is 2.34. The fourth-order valence-electron chi connectivity index (χ4n) is 2.20. The van der Waals surface area contributed by atoms with E-state index < -0.39 is 5.82 Å². The fourth-order valence-corrected chi connectivity index (χ4v) is 2.20. The van der Waals surface area contributed by atoms with E-state index in [4.69, 9.17) is 5.11 Å². The molecule has 106 valence electrons. The Morgan fingerprint density at radius 3 is 2.80 bits per heavy atom. The van der Waals surface area contributed by atoms with Crippen molar-refractivity contribution in [2.24, 2.45) is 11.8 Å². The summed E-state index contributed by atoms with van der Waals surface area (Å²) in [5.74, 6) is 5.39. The molecule has 20 heavy (non-hydrogen) atoms. The van der Waals surface area contributed by atoms with E-state index in [0.29, 0.717) is 23.9 Å². The summed E-state index contributed by atoms with van der Waals surface area (Å²) in [4.78, 5) is 13.7. The Hall–Kier alpha value is -1.86. The Morgan fingerprint density at radius 2 is 2.25 bits per heavy atom. The SMILES string of the molecule is CC1CC1CN(C)C(=O)c1ccc(C#CCO)cc1F. The van der Waals surface area contributed by atoms with Crippen LogP contribution in [0.5, 0.6) is 0 Å². The van der Waals surface area contributed by atoms with Crippen molar-refractivity contribution in [1.29, 1.82) is 0 Å². The van der Waals surface area contributed by atoms with Gasteiger partial charge in [-0.15, -0.1) is 0 Å². The summed E-state index contributed by atoms with van der Waals surface area (Å²) in [5, 5.41) is 8.60. The summed E-state index contributed by atoms with van der Waals surface area (Å²) in [7, 11) is 1.70. The van der Waals surface area contributed by atoms with E-state index in [1.54, 1.807) is 18.0 Å². The topological polar surface area (TPSA) is 40.5 Å². The predicted octanol–water partition coefficient (Wildman–Crippen LogP) is 1.90. The molecular formula is C16H18FNO2. The van der Waals surface area contributed by atoms with Crippen LogP contribution in [-0.4, -0.2) is 36.1 Å². The number of carbonyl (C=O) groups is 1. The largest absolute Gasteiger partial charge is 0.384 e. The number of hydrogen-bond donors (Lipinski definition) is 1. The second kappa shape index (κ2) is 6.06. The first kappa shape index (κ1) is 14.5. The van der Waals surface area contributed by atoms with E-state index in [2.05, 4.69) is 18.8 Å². The molecule has 0 saturated heterocycles. The van der Waals surface area contributed by atoms with Crippen LogP contribution in [0.3, 0.4) is 0 Å². The second-order valence-electron chi connectivity index (χ2n) is 5.31. The Morgan fingerprint density at radius 1 is 1.55 bits per heavy atom. The van der Waals surface area contributed by atoms with Gasteiger partial charge in [0.25, 0.3) is 5.91 Å². The maximum atomic E-state index is 13.9. The number of rotatable bonds is 3. The fraction of sp³-hybridized carbons (Fsp3) is 0.438. The summed E-state index contributed by atoms with van der Waals surface area (Å²) in [6.07, 6.45) is 1.13. The van der Waals surface area contributed by atoms with Crippen molar-refractivity contribution in [1.82, 2.24) is 4.90 Å². The summed E-state index contributed by atoms with van der Waals surface area (Å²) in [6.45, 7) is 2.55. The minimum atomic E-state index is -0.574. The molecule has 1 fully saturated rings. The molecular weight excluding hydrogens is 257 g/mol. The molecule has 1 aromatic rings. The molecule has 4 heteroatoms. The summed E-state index contributed by atoms with van der Waals surface area (Å²) < 4.78 is 13.9. The van der Waals surface area contributed by atoms with E-state index in [-0.39, 0.29) is 18.1 Å². The lowest BCUT2D eigenvalue weighted by Crippen LogP contribution is -2.29. The molecule has 1 aliphatic carbocycles. The van der Waals surface area contributed by atoms with Crippen molar-refractivity contribution in [2.45, 2.75) is 13.3 Å². The minimum absolute atomic E-state index is 0.0651. The zero-order valence-electron chi connectivity index (χ0n) is 11.7. The molecule has 0 heterocycles. The summed E-state index contributed by atoms with van der Waals surface area (Å²) >= 11 is 0.